The highest BCUT2D eigenvalue weighted by Gasteiger charge is 2.37. The molecule has 1 aromatic carbocycles. The van der Waals surface area contributed by atoms with Gasteiger partial charge in [-0.2, -0.15) is 0 Å². The van der Waals surface area contributed by atoms with Crippen molar-refractivity contribution in [2.24, 2.45) is 0 Å². The summed E-state index contributed by atoms with van der Waals surface area (Å²) in [6.45, 7) is 0. The molecule has 2 aliphatic rings. The van der Waals surface area contributed by atoms with E-state index in [1.165, 1.54) is 14.2 Å². The Kier molecular flexibility index (Phi) is 3.08. The molecule has 0 N–H and O–H groups in total. The summed E-state index contributed by atoms with van der Waals surface area (Å²) < 4.78 is 10.5. The molecule has 0 unspecified atom stereocenters. The molecule has 3 rings (SSSR count). The third-order valence-corrected chi connectivity index (χ3v) is 4.04. The number of fused-ring (bicyclic) bond motifs is 1. The summed E-state index contributed by atoms with van der Waals surface area (Å²) in [5.74, 6) is 0.725. The van der Waals surface area contributed by atoms with Crippen molar-refractivity contribution in [1.29, 1.82) is 0 Å². The smallest absolute Gasteiger partial charge is 0.194 e. The summed E-state index contributed by atoms with van der Waals surface area (Å²) in [5, 5.41) is 0. The van der Waals surface area contributed by atoms with Crippen molar-refractivity contribution in [3.8, 4) is 11.5 Å². The monoisotopic (exact) mass is 272 g/mol. The van der Waals surface area contributed by atoms with E-state index in [0.717, 1.165) is 12.8 Å². The molecular formula is C16H16O4. The highest BCUT2D eigenvalue weighted by molar-refractivity contribution is 6.29. The highest BCUT2D eigenvalue weighted by Crippen LogP contribution is 2.42. The molecule has 0 aromatic heterocycles. The molecule has 4 nitrogen and oxygen atoms in total. The van der Waals surface area contributed by atoms with Crippen LogP contribution >= 0.6 is 0 Å². The van der Waals surface area contributed by atoms with Crippen molar-refractivity contribution in [3.05, 3.63) is 34.4 Å². The summed E-state index contributed by atoms with van der Waals surface area (Å²) >= 11 is 0. The molecule has 0 bridgehead atoms. The fraction of sp³-hybridized carbons (Fsp3) is 0.375. The van der Waals surface area contributed by atoms with E-state index in [1.54, 1.807) is 12.1 Å². The van der Waals surface area contributed by atoms with Crippen LogP contribution in [-0.2, 0) is 0 Å². The number of benzene rings is 1. The summed E-state index contributed by atoms with van der Waals surface area (Å²) in [4.78, 5) is 25.4. The molecule has 4 heteroatoms. The summed E-state index contributed by atoms with van der Waals surface area (Å²) in [6.07, 6.45) is 3.28. The van der Waals surface area contributed by atoms with Crippen molar-refractivity contribution in [2.45, 2.75) is 25.7 Å². The number of Topliss-reactive ketones (excluding diaryl/α,β-unsaturated/α-hetero) is 2. The zero-order valence-electron chi connectivity index (χ0n) is 11.6. The predicted molar refractivity (Wildman–Crippen MR) is 73.7 cm³/mol. The topological polar surface area (TPSA) is 52.6 Å². The number of allylic oxidation sites excluding steroid dienone is 2. The van der Waals surface area contributed by atoms with Crippen LogP contribution in [0.2, 0.25) is 0 Å². The van der Waals surface area contributed by atoms with Gasteiger partial charge in [0.05, 0.1) is 25.3 Å². The molecular weight excluding hydrogens is 256 g/mol. The third kappa shape index (κ3) is 1.68. The molecule has 0 radical (unpaired) electrons. The molecule has 0 saturated carbocycles. The van der Waals surface area contributed by atoms with E-state index < -0.39 is 0 Å². The van der Waals surface area contributed by atoms with Crippen LogP contribution < -0.4 is 9.47 Å². The van der Waals surface area contributed by atoms with E-state index in [0.29, 0.717) is 46.6 Å². The number of carbonyl (C=O) groups is 2. The normalized spacial score (nSPS) is 17.7. The minimum Gasteiger partial charge on any atom is -0.496 e. The summed E-state index contributed by atoms with van der Waals surface area (Å²) in [6, 6.07) is 3.36. The molecule has 0 atom stereocenters. The molecule has 1 aromatic rings. The van der Waals surface area contributed by atoms with Gasteiger partial charge in [0.25, 0.3) is 0 Å². The van der Waals surface area contributed by atoms with Crippen molar-refractivity contribution in [1.82, 2.24) is 0 Å². The van der Waals surface area contributed by atoms with Gasteiger partial charge in [-0.15, -0.1) is 0 Å². The molecule has 2 aliphatic carbocycles. The second kappa shape index (κ2) is 4.78. The van der Waals surface area contributed by atoms with Crippen LogP contribution in [0, 0.1) is 0 Å². The first kappa shape index (κ1) is 12.9. The SMILES string of the molecule is COc1ccc(OC)c2c1C(=O)C1=C(CCCC1)C2=O. The lowest BCUT2D eigenvalue weighted by Gasteiger charge is -2.26. The number of ether oxygens (including phenoxy) is 2. The van der Waals surface area contributed by atoms with Crippen LogP contribution in [0.4, 0.5) is 0 Å². The van der Waals surface area contributed by atoms with Crippen LogP contribution in [0.5, 0.6) is 11.5 Å². The molecule has 0 amide bonds. The first-order chi connectivity index (χ1) is 9.69. The van der Waals surface area contributed by atoms with E-state index in [2.05, 4.69) is 0 Å². The van der Waals surface area contributed by atoms with Crippen LogP contribution in [0.3, 0.4) is 0 Å². The summed E-state index contributed by atoms with van der Waals surface area (Å²) in [5.41, 5.74) is 2.05. The standard InChI is InChI=1S/C16H16O4/c1-19-11-7-8-12(20-2)14-13(11)15(17)9-5-3-4-6-10(9)16(14)18/h7-8H,3-6H2,1-2H3. The van der Waals surface area contributed by atoms with Crippen LogP contribution in [0.25, 0.3) is 0 Å². The maximum atomic E-state index is 12.7. The lowest BCUT2D eigenvalue weighted by Crippen LogP contribution is -2.25. The number of rotatable bonds is 2. The van der Waals surface area contributed by atoms with Crippen LogP contribution in [-0.4, -0.2) is 25.8 Å². The van der Waals surface area contributed by atoms with E-state index in [1.807, 2.05) is 0 Å². The van der Waals surface area contributed by atoms with E-state index in [4.69, 9.17) is 9.47 Å². The Morgan fingerprint density at radius 3 is 1.55 bits per heavy atom. The Balaban J connectivity index is 2.28. The molecule has 0 fully saturated rings. The lowest BCUT2D eigenvalue weighted by molar-refractivity contribution is 0.0959. The molecule has 104 valence electrons. The molecule has 0 aliphatic heterocycles. The van der Waals surface area contributed by atoms with Crippen molar-refractivity contribution in [2.75, 3.05) is 14.2 Å². The average Bonchev–Trinajstić information content (AvgIpc) is 2.51. The Morgan fingerprint density at radius 1 is 0.800 bits per heavy atom. The van der Waals surface area contributed by atoms with Crippen molar-refractivity contribution < 1.29 is 19.1 Å². The zero-order valence-corrected chi connectivity index (χ0v) is 11.6. The second-order valence-electron chi connectivity index (χ2n) is 5.04. The maximum absolute atomic E-state index is 12.7. The Bertz CT molecular complexity index is 585. The number of hydrogen-bond donors (Lipinski definition) is 0. The Morgan fingerprint density at radius 2 is 1.20 bits per heavy atom. The summed E-state index contributed by atoms with van der Waals surface area (Å²) in [7, 11) is 3.01. The van der Waals surface area contributed by atoms with Gasteiger partial charge < -0.3 is 9.47 Å². The second-order valence-corrected chi connectivity index (χ2v) is 5.04. The van der Waals surface area contributed by atoms with Gasteiger partial charge in [-0.3, -0.25) is 9.59 Å². The van der Waals surface area contributed by atoms with Gasteiger partial charge >= 0.3 is 0 Å². The van der Waals surface area contributed by atoms with Crippen molar-refractivity contribution >= 4 is 11.6 Å². The van der Waals surface area contributed by atoms with Crippen molar-refractivity contribution in [3.63, 3.8) is 0 Å². The van der Waals surface area contributed by atoms with Gasteiger partial charge in [0.1, 0.15) is 11.5 Å². The van der Waals surface area contributed by atoms with Gasteiger partial charge in [0.15, 0.2) is 11.6 Å². The van der Waals surface area contributed by atoms with Gasteiger partial charge in [0, 0.05) is 11.1 Å². The number of methoxy groups -OCH3 is 2. The van der Waals surface area contributed by atoms with Gasteiger partial charge in [0.2, 0.25) is 0 Å². The third-order valence-electron chi connectivity index (χ3n) is 4.04. The highest BCUT2D eigenvalue weighted by atomic mass is 16.5. The number of ketones is 2. The van der Waals surface area contributed by atoms with Crippen LogP contribution in [0.15, 0.2) is 23.3 Å². The zero-order chi connectivity index (χ0) is 14.3. The number of carbonyl (C=O) groups excluding carboxylic acids is 2. The molecule has 0 saturated heterocycles. The number of hydrogen-bond acceptors (Lipinski definition) is 4. The average molecular weight is 272 g/mol. The quantitative estimate of drug-likeness (QED) is 0.830. The Labute approximate surface area is 117 Å². The first-order valence-electron chi connectivity index (χ1n) is 6.75. The van der Waals surface area contributed by atoms with Gasteiger partial charge in [-0.25, -0.2) is 0 Å². The maximum Gasteiger partial charge on any atom is 0.194 e. The lowest BCUT2D eigenvalue weighted by atomic mass is 9.77. The van der Waals surface area contributed by atoms with Gasteiger partial charge in [-0.1, -0.05) is 0 Å². The predicted octanol–water partition coefficient (Wildman–Crippen LogP) is 2.95. The molecule has 20 heavy (non-hydrogen) atoms. The minimum atomic E-state index is -0.0787. The largest absolute Gasteiger partial charge is 0.496 e. The molecule has 0 spiro atoms. The first-order valence-corrected chi connectivity index (χ1v) is 6.75. The Hall–Kier alpha value is -2.10. The molecule has 0 heterocycles. The fourth-order valence-corrected chi connectivity index (χ4v) is 3.06. The van der Waals surface area contributed by atoms with Crippen LogP contribution in [0.1, 0.15) is 46.4 Å². The fourth-order valence-electron chi connectivity index (χ4n) is 3.06. The van der Waals surface area contributed by atoms with E-state index >= 15 is 0 Å². The van der Waals surface area contributed by atoms with Gasteiger partial charge in [-0.05, 0) is 37.8 Å². The van der Waals surface area contributed by atoms with E-state index in [9.17, 15) is 9.59 Å². The van der Waals surface area contributed by atoms with E-state index in [-0.39, 0.29) is 11.6 Å². The minimum absolute atomic E-state index is 0.0787.